The van der Waals surface area contributed by atoms with Gasteiger partial charge >= 0.3 is 0 Å². The van der Waals surface area contributed by atoms with Crippen molar-refractivity contribution in [2.24, 2.45) is 5.73 Å². The monoisotopic (exact) mass is 606 g/mol. The van der Waals surface area contributed by atoms with Crippen molar-refractivity contribution < 1.29 is 23.8 Å². The average Bonchev–Trinajstić information content (AvgIpc) is 3.38. The Hall–Kier alpha value is -5.29. The first-order valence-electron chi connectivity index (χ1n) is 14.4. The van der Waals surface area contributed by atoms with Crippen LogP contribution < -0.4 is 15.8 Å². The average molecular weight is 607 g/mol. The van der Waals surface area contributed by atoms with E-state index in [4.69, 9.17) is 15.5 Å². The van der Waals surface area contributed by atoms with Gasteiger partial charge in [0.15, 0.2) is 5.78 Å². The number of primary amides is 1. The van der Waals surface area contributed by atoms with Crippen LogP contribution in [0.5, 0.6) is 5.75 Å². The summed E-state index contributed by atoms with van der Waals surface area (Å²) in [4.78, 5) is 43.6. The van der Waals surface area contributed by atoms with Gasteiger partial charge in [-0.3, -0.25) is 14.6 Å². The Bertz CT molecular complexity index is 1950. The molecule has 0 saturated heterocycles. The van der Waals surface area contributed by atoms with E-state index in [-0.39, 0.29) is 30.9 Å². The lowest BCUT2D eigenvalue weighted by Gasteiger charge is -2.26. The molecule has 10 nitrogen and oxygen atoms in total. The number of carbonyl (C=O) groups is 2. The topological polar surface area (TPSA) is 153 Å². The number of pyridine rings is 2. The molecule has 2 atom stereocenters. The third-order valence-corrected chi connectivity index (χ3v) is 8.21. The van der Waals surface area contributed by atoms with Gasteiger partial charge in [0.05, 0.1) is 16.9 Å². The fourth-order valence-corrected chi connectivity index (χ4v) is 5.41. The molecule has 5 aromatic rings. The predicted molar refractivity (Wildman–Crippen MR) is 167 cm³/mol. The lowest BCUT2D eigenvalue weighted by Crippen LogP contribution is -2.40. The van der Waals surface area contributed by atoms with E-state index in [1.807, 2.05) is 13.0 Å². The number of rotatable bonds is 9. The SMILES string of the molecule is Cc1cnc2c(Nc3ccncn3)cc(C(=O)CC[C@](C)(O)c3cc4c(c(-c5ccc(F)cc5)n3)OC[C@]4(C)C(N)=O)cc2c1. The van der Waals surface area contributed by atoms with E-state index >= 15 is 0 Å². The standard InChI is InChI=1S/C34H31FN6O4/c1-19-12-22-13-21(14-25(29(22)38-16-19)40-28-9-11-37-18-39-28)26(42)8-10-34(3,44)27-15-24-31(45-17-33(24,2)32(36)43)30(41-27)20-4-6-23(35)7-5-20/h4-7,9,11-16,18,44H,8,10,17H2,1-3H3,(H2,36,43)(H,37,39,40)/t33-,34-/m0/s1. The second-order valence-corrected chi connectivity index (χ2v) is 11.7. The molecule has 0 bridgehead atoms. The molecule has 0 unspecified atom stereocenters. The molecule has 0 radical (unpaired) electrons. The van der Waals surface area contributed by atoms with Crippen LogP contribution in [0.1, 0.15) is 53.9 Å². The number of benzene rings is 2. The molecule has 11 heteroatoms. The number of ether oxygens (including phenoxy) is 1. The maximum atomic E-state index is 13.7. The molecule has 1 aliphatic rings. The molecule has 1 amide bonds. The summed E-state index contributed by atoms with van der Waals surface area (Å²) in [5, 5.41) is 15.7. The van der Waals surface area contributed by atoms with E-state index in [9.17, 15) is 19.1 Å². The van der Waals surface area contributed by atoms with Crippen LogP contribution in [0.25, 0.3) is 22.2 Å². The maximum Gasteiger partial charge on any atom is 0.231 e. The fourth-order valence-electron chi connectivity index (χ4n) is 5.41. The van der Waals surface area contributed by atoms with Gasteiger partial charge in [-0.1, -0.05) is 0 Å². The van der Waals surface area contributed by atoms with Crippen molar-refractivity contribution in [3.05, 3.63) is 102 Å². The Balaban J connectivity index is 1.33. The molecule has 0 fully saturated rings. The van der Waals surface area contributed by atoms with Gasteiger partial charge in [0, 0.05) is 40.9 Å². The highest BCUT2D eigenvalue weighted by Crippen LogP contribution is 2.46. The Labute approximate surface area is 258 Å². The normalized spacial score (nSPS) is 16.9. The van der Waals surface area contributed by atoms with Crippen LogP contribution in [0, 0.1) is 12.7 Å². The van der Waals surface area contributed by atoms with Gasteiger partial charge in [-0.05, 0) is 87.4 Å². The molecule has 6 rings (SSSR count). The molecule has 0 saturated carbocycles. The van der Waals surface area contributed by atoms with E-state index in [1.54, 1.807) is 62.6 Å². The number of amides is 1. The first-order chi connectivity index (χ1) is 21.4. The number of aliphatic hydroxyl groups is 1. The number of fused-ring (bicyclic) bond motifs is 2. The van der Waals surface area contributed by atoms with Crippen molar-refractivity contribution in [2.45, 2.75) is 44.6 Å². The largest absolute Gasteiger partial charge is 0.489 e. The number of aryl methyl sites for hydroxylation is 1. The molecule has 228 valence electrons. The van der Waals surface area contributed by atoms with Crippen molar-refractivity contribution in [1.29, 1.82) is 0 Å². The number of Topliss-reactive ketones (excluding diaryl/α,β-unsaturated/α-hetero) is 1. The van der Waals surface area contributed by atoms with E-state index in [0.717, 1.165) is 10.9 Å². The van der Waals surface area contributed by atoms with Crippen LogP contribution in [0.4, 0.5) is 15.9 Å². The third-order valence-electron chi connectivity index (χ3n) is 8.21. The van der Waals surface area contributed by atoms with Crippen molar-refractivity contribution in [1.82, 2.24) is 19.9 Å². The summed E-state index contributed by atoms with van der Waals surface area (Å²) in [5.41, 5.74) is 7.27. The molecule has 0 spiro atoms. The molecule has 4 N–H and O–H groups in total. The lowest BCUT2D eigenvalue weighted by molar-refractivity contribution is -0.123. The molecular weight excluding hydrogens is 575 g/mol. The summed E-state index contributed by atoms with van der Waals surface area (Å²) in [6, 6.07) is 14.5. The minimum Gasteiger partial charge on any atom is -0.489 e. The quantitative estimate of drug-likeness (QED) is 0.190. The van der Waals surface area contributed by atoms with Crippen molar-refractivity contribution >= 4 is 34.1 Å². The second kappa shape index (κ2) is 11.3. The minimum atomic E-state index is -1.59. The van der Waals surface area contributed by atoms with Crippen LogP contribution in [-0.4, -0.2) is 43.3 Å². The number of anilines is 2. The number of hydrogen-bond acceptors (Lipinski definition) is 9. The van der Waals surface area contributed by atoms with Crippen molar-refractivity contribution in [3.8, 4) is 17.0 Å². The number of ketones is 1. The van der Waals surface area contributed by atoms with E-state index in [2.05, 4.69) is 20.3 Å². The van der Waals surface area contributed by atoms with Crippen molar-refractivity contribution in [3.63, 3.8) is 0 Å². The smallest absolute Gasteiger partial charge is 0.231 e. The predicted octanol–water partition coefficient (Wildman–Crippen LogP) is 5.28. The highest BCUT2D eigenvalue weighted by Gasteiger charge is 2.45. The minimum absolute atomic E-state index is 0.000694. The van der Waals surface area contributed by atoms with Crippen molar-refractivity contribution in [2.75, 3.05) is 11.9 Å². The summed E-state index contributed by atoms with van der Waals surface area (Å²) in [6.45, 7) is 5.16. The van der Waals surface area contributed by atoms with Gasteiger partial charge in [-0.25, -0.2) is 19.3 Å². The summed E-state index contributed by atoms with van der Waals surface area (Å²) >= 11 is 0. The summed E-state index contributed by atoms with van der Waals surface area (Å²) in [5.74, 6) is -0.314. The number of aromatic nitrogens is 4. The van der Waals surface area contributed by atoms with Gasteiger partial charge in [-0.2, -0.15) is 0 Å². The second-order valence-electron chi connectivity index (χ2n) is 11.7. The summed E-state index contributed by atoms with van der Waals surface area (Å²) in [7, 11) is 0. The van der Waals surface area contributed by atoms with Gasteiger partial charge in [0.25, 0.3) is 0 Å². The number of halogens is 1. The maximum absolute atomic E-state index is 13.7. The summed E-state index contributed by atoms with van der Waals surface area (Å²) < 4.78 is 19.6. The zero-order valence-electron chi connectivity index (χ0n) is 25.0. The Morgan fingerprint density at radius 3 is 2.62 bits per heavy atom. The van der Waals surface area contributed by atoms with Crippen LogP contribution in [0.3, 0.4) is 0 Å². The van der Waals surface area contributed by atoms with E-state index < -0.39 is 22.7 Å². The van der Waals surface area contributed by atoms with Gasteiger partial charge < -0.3 is 20.9 Å². The molecule has 3 aromatic heterocycles. The highest BCUT2D eigenvalue weighted by molar-refractivity contribution is 6.03. The highest BCUT2D eigenvalue weighted by atomic mass is 19.1. The molecule has 45 heavy (non-hydrogen) atoms. The molecule has 1 aliphatic heterocycles. The van der Waals surface area contributed by atoms with Gasteiger partial charge in [-0.15, -0.1) is 0 Å². The summed E-state index contributed by atoms with van der Waals surface area (Å²) in [6.07, 6.45) is 4.79. The lowest BCUT2D eigenvalue weighted by atomic mass is 9.81. The Morgan fingerprint density at radius 1 is 1.13 bits per heavy atom. The number of nitrogens with one attached hydrogen (secondary N) is 1. The zero-order valence-corrected chi connectivity index (χ0v) is 25.0. The first-order valence-corrected chi connectivity index (χ1v) is 14.4. The molecule has 2 aromatic carbocycles. The number of carbonyl (C=O) groups excluding carboxylic acids is 2. The van der Waals surface area contributed by atoms with Gasteiger partial charge in [0.1, 0.15) is 47.0 Å². The van der Waals surface area contributed by atoms with Crippen LogP contribution in [-0.2, 0) is 15.8 Å². The van der Waals surface area contributed by atoms with Gasteiger partial charge in [0.2, 0.25) is 5.91 Å². The number of nitrogens with two attached hydrogens (primary N) is 1. The molecule has 4 heterocycles. The molecular formula is C34H31FN6O4. The Kier molecular flexibility index (Phi) is 7.49. The van der Waals surface area contributed by atoms with Crippen LogP contribution in [0.15, 0.2) is 73.3 Å². The van der Waals surface area contributed by atoms with E-state index in [1.165, 1.54) is 18.5 Å². The van der Waals surface area contributed by atoms with E-state index in [0.29, 0.717) is 45.2 Å². The molecule has 0 aliphatic carbocycles. The third kappa shape index (κ3) is 5.69. The zero-order chi connectivity index (χ0) is 31.9. The number of hydrogen-bond donors (Lipinski definition) is 3. The van der Waals surface area contributed by atoms with Crippen LogP contribution >= 0.6 is 0 Å². The first kappa shape index (κ1) is 29.8. The number of nitrogens with zero attached hydrogens (tertiary/aromatic N) is 4. The fraction of sp³-hybridized carbons (Fsp3) is 0.235. The Morgan fingerprint density at radius 2 is 1.91 bits per heavy atom. The van der Waals surface area contributed by atoms with Crippen LogP contribution in [0.2, 0.25) is 0 Å².